The van der Waals surface area contributed by atoms with Crippen molar-refractivity contribution in [1.82, 2.24) is 0 Å². The molecule has 0 atom stereocenters. The zero-order valence-corrected chi connectivity index (χ0v) is 11.7. The second-order valence-electron chi connectivity index (χ2n) is 4.50. The van der Waals surface area contributed by atoms with Gasteiger partial charge in [-0.1, -0.05) is 17.7 Å². The summed E-state index contributed by atoms with van der Waals surface area (Å²) in [4.78, 5) is 12.1. The van der Waals surface area contributed by atoms with E-state index in [1.165, 1.54) is 10.3 Å². The van der Waals surface area contributed by atoms with Gasteiger partial charge in [-0.25, -0.2) is 4.79 Å². The minimum absolute atomic E-state index is 0.241. The molecule has 0 unspecified atom stereocenters. The fourth-order valence-corrected chi connectivity index (χ4v) is 3.43. The van der Waals surface area contributed by atoms with E-state index < -0.39 is 0 Å². The van der Waals surface area contributed by atoms with Crippen LogP contribution in [0, 0.1) is 6.92 Å². The number of aryl methyl sites for hydroxylation is 1. The molecular weight excluding hydrogens is 256 g/mol. The second-order valence-corrected chi connectivity index (χ2v) is 5.58. The van der Waals surface area contributed by atoms with Crippen LogP contribution >= 0.6 is 11.3 Å². The van der Waals surface area contributed by atoms with E-state index in [4.69, 9.17) is 4.74 Å². The number of esters is 1. The Morgan fingerprint density at radius 1 is 1.21 bits per heavy atom. The summed E-state index contributed by atoms with van der Waals surface area (Å²) in [5, 5.41) is 2.16. The molecule has 3 heteroatoms. The van der Waals surface area contributed by atoms with E-state index in [0.29, 0.717) is 12.2 Å². The summed E-state index contributed by atoms with van der Waals surface area (Å²) in [5.74, 6) is -0.241. The second kappa shape index (κ2) is 4.67. The molecule has 0 saturated heterocycles. The molecule has 0 amide bonds. The molecule has 19 heavy (non-hydrogen) atoms. The van der Waals surface area contributed by atoms with Crippen molar-refractivity contribution < 1.29 is 9.53 Å². The van der Waals surface area contributed by atoms with Gasteiger partial charge in [0.1, 0.15) is 0 Å². The number of hydrogen-bond donors (Lipinski definition) is 0. The molecule has 1 aromatic heterocycles. The Bertz CT molecular complexity index is 771. The highest BCUT2D eigenvalue weighted by Crippen LogP contribution is 2.36. The number of carbonyl (C=O) groups excluding carboxylic acids is 1. The van der Waals surface area contributed by atoms with Crippen molar-refractivity contribution >= 4 is 37.5 Å². The molecule has 2 aromatic carbocycles. The van der Waals surface area contributed by atoms with E-state index in [1.54, 1.807) is 11.3 Å². The van der Waals surface area contributed by atoms with Gasteiger partial charge in [-0.3, -0.25) is 0 Å². The Morgan fingerprint density at radius 2 is 2.05 bits per heavy atom. The summed E-state index contributed by atoms with van der Waals surface area (Å²) >= 11 is 1.71. The van der Waals surface area contributed by atoms with E-state index >= 15 is 0 Å². The third-order valence-corrected chi connectivity index (χ3v) is 4.28. The molecule has 0 fully saturated rings. The Kier molecular flexibility index (Phi) is 2.99. The topological polar surface area (TPSA) is 26.3 Å². The summed E-state index contributed by atoms with van der Waals surface area (Å²) < 4.78 is 7.49. The lowest BCUT2D eigenvalue weighted by atomic mass is 10.1. The van der Waals surface area contributed by atoms with Crippen molar-refractivity contribution in [1.29, 1.82) is 0 Å². The summed E-state index contributed by atoms with van der Waals surface area (Å²) in [6.07, 6.45) is 0. The predicted octanol–water partition coefficient (Wildman–Crippen LogP) is 4.54. The summed E-state index contributed by atoms with van der Waals surface area (Å²) in [6, 6.07) is 12.2. The van der Waals surface area contributed by atoms with Gasteiger partial charge in [-0.05, 0) is 38.1 Å². The lowest BCUT2D eigenvalue weighted by Gasteiger charge is -2.04. The van der Waals surface area contributed by atoms with Crippen molar-refractivity contribution in [3.8, 4) is 0 Å². The molecule has 2 nitrogen and oxygen atoms in total. The maximum atomic E-state index is 12.1. The van der Waals surface area contributed by atoms with Gasteiger partial charge in [0.05, 0.1) is 12.2 Å². The largest absolute Gasteiger partial charge is 0.462 e. The van der Waals surface area contributed by atoms with Crippen LogP contribution in [0.15, 0.2) is 36.4 Å². The van der Waals surface area contributed by atoms with Crippen molar-refractivity contribution in [2.75, 3.05) is 6.61 Å². The average molecular weight is 270 g/mol. The van der Waals surface area contributed by atoms with E-state index in [-0.39, 0.29) is 5.97 Å². The zero-order valence-electron chi connectivity index (χ0n) is 10.9. The molecule has 0 radical (unpaired) electrons. The predicted molar refractivity (Wildman–Crippen MR) is 80.0 cm³/mol. The molecule has 0 aliphatic rings. The standard InChI is InChI=1S/C16H14O2S/c1-3-18-16(17)11-5-4-6-14-15(11)12-9-10(2)7-8-13(12)19-14/h4-9H,3H2,1-2H3. The Balaban J connectivity index is 2.36. The zero-order chi connectivity index (χ0) is 13.4. The molecule has 3 rings (SSSR count). The Morgan fingerprint density at radius 3 is 2.84 bits per heavy atom. The molecule has 0 bridgehead atoms. The van der Waals surface area contributed by atoms with Crippen LogP contribution in [-0.4, -0.2) is 12.6 Å². The van der Waals surface area contributed by atoms with E-state index in [1.807, 2.05) is 19.1 Å². The van der Waals surface area contributed by atoms with Crippen LogP contribution in [0.4, 0.5) is 0 Å². The van der Waals surface area contributed by atoms with Crippen molar-refractivity contribution in [3.63, 3.8) is 0 Å². The first kappa shape index (κ1) is 12.2. The highest BCUT2D eigenvalue weighted by atomic mass is 32.1. The van der Waals surface area contributed by atoms with Crippen molar-refractivity contribution in [2.45, 2.75) is 13.8 Å². The molecular formula is C16H14O2S. The highest BCUT2D eigenvalue weighted by Gasteiger charge is 2.15. The van der Waals surface area contributed by atoms with Crippen LogP contribution < -0.4 is 0 Å². The SMILES string of the molecule is CCOC(=O)c1cccc2sc3ccc(C)cc3c12. The van der Waals surface area contributed by atoms with Gasteiger partial charge in [-0.2, -0.15) is 0 Å². The summed E-state index contributed by atoms with van der Waals surface area (Å²) in [7, 11) is 0. The normalized spacial score (nSPS) is 11.1. The van der Waals surface area contributed by atoms with E-state index in [2.05, 4.69) is 31.2 Å². The smallest absolute Gasteiger partial charge is 0.338 e. The monoisotopic (exact) mass is 270 g/mol. The Hall–Kier alpha value is -1.87. The minimum atomic E-state index is -0.241. The quantitative estimate of drug-likeness (QED) is 0.639. The molecule has 0 N–H and O–H groups in total. The fourth-order valence-electron chi connectivity index (χ4n) is 2.32. The maximum absolute atomic E-state index is 12.1. The van der Waals surface area contributed by atoms with Crippen LogP contribution in [-0.2, 0) is 4.74 Å². The Labute approximate surface area is 115 Å². The lowest BCUT2D eigenvalue weighted by Crippen LogP contribution is -2.04. The van der Waals surface area contributed by atoms with Gasteiger partial charge >= 0.3 is 5.97 Å². The minimum Gasteiger partial charge on any atom is -0.462 e. The first-order chi connectivity index (χ1) is 9.20. The average Bonchev–Trinajstić information content (AvgIpc) is 2.76. The van der Waals surface area contributed by atoms with Gasteiger partial charge in [0.25, 0.3) is 0 Å². The maximum Gasteiger partial charge on any atom is 0.338 e. The summed E-state index contributed by atoms with van der Waals surface area (Å²) in [6.45, 7) is 4.29. The van der Waals surface area contributed by atoms with E-state index in [0.717, 1.165) is 15.5 Å². The number of thiophene rings is 1. The molecule has 0 saturated carbocycles. The van der Waals surface area contributed by atoms with Crippen LogP contribution in [0.25, 0.3) is 20.2 Å². The number of ether oxygens (including phenoxy) is 1. The molecule has 0 aliphatic heterocycles. The lowest BCUT2D eigenvalue weighted by molar-refractivity contribution is 0.0529. The number of hydrogen-bond acceptors (Lipinski definition) is 3. The van der Waals surface area contributed by atoms with Gasteiger partial charge < -0.3 is 4.74 Å². The summed E-state index contributed by atoms with van der Waals surface area (Å²) in [5.41, 5.74) is 1.86. The van der Waals surface area contributed by atoms with Crippen LogP contribution in [0.5, 0.6) is 0 Å². The van der Waals surface area contributed by atoms with Crippen LogP contribution in [0.2, 0.25) is 0 Å². The number of fused-ring (bicyclic) bond motifs is 3. The van der Waals surface area contributed by atoms with Gasteiger partial charge in [0.2, 0.25) is 0 Å². The molecule has 0 aliphatic carbocycles. The molecule has 96 valence electrons. The van der Waals surface area contributed by atoms with E-state index in [9.17, 15) is 4.79 Å². The highest BCUT2D eigenvalue weighted by molar-refractivity contribution is 7.25. The third-order valence-electron chi connectivity index (χ3n) is 3.15. The van der Waals surface area contributed by atoms with Crippen LogP contribution in [0.1, 0.15) is 22.8 Å². The number of rotatable bonds is 2. The van der Waals surface area contributed by atoms with Crippen molar-refractivity contribution in [2.24, 2.45) is 0 Å². The van der Waals surface area contributed by atoms with Crippen LogP contribution in [0.3, 0.4) is 0 Å². The first-order valence-electron chi connectivity index (χ1n) is 6.29. The third kappa shape index (κ3) is 2.00. The van der Waals surface area contributed by atoms with Gasteiger partial charge in [0.15, 0.2) is 0 Å². The number of benzene rings is 2. The number of carbonyl (C=O) groups is 1. The fraction of sp³-hybridized carbons (Fsp3) is 0.188. The van der Waals surface area contributed by atoms with Gasteiger partial charge in [-0.15, -0.1) is 11.3 Å². The van der Waals surface area contributed by atoms with Crippen molar-refractivity contribution in [3.05, 3.63) is 47.5 Å². The first-order valence-corrected chi connectivity index (χ1v) is 7.11. The molecule has 0 spiro atoms. The molecule has 3 aromatic rings. The van der Waals surface area contributed by atoms with Gasteiger partial charge in [0, 0.05) is 20.2 Å². The molecule has 1 heterocycles.